The number of carbonyl (C=O) groups excluding carboxylic acids is 1. The van der Waals surface area contributed by atoms with Crippen molar-refractivity contribution in [3.63, 3.8) is 0 Å². The number of aliphatic imine (C=N–C) groups is 1. The Hall–Kier alpha value is -3.07. The second kappa shape index (κ2) is 10.1. The zero-order chi connectivity index (χ0) is 21.4. The Bertz CT molecular complexity index is 1000. The highest BCUT2D eigenvalue weighted by atomic mass is 32.2. The molecule has 2 aromatic carbocycles. The van der Waals surface area contributed by atoms with E-state index in [0.29, 0.717) is 17.9 Å². The number of benzene rings is 2. The average Bonchev–Trinajstić information content (AvgIpc) is 3.01. The molecule has 2 aromatic rings. The van der Waals surface area contributed by atoms with Gasteiger partial charge < -0.3 is 14.2 Å². The summed E-state index contributed by atoms with van der Waals surface area (Å²) in [4.78, 5) is 16.2. The van der Waals surface area contributed by atoms with Crippen LogP contribution in [-0.2, 0) is 19.6 Å². The van der Waals surface area contributed by atoms with Gasteiger partial charge in [-0.05, 0) is 42.8 Å². The fraction of sp³-hybridized carbons (Fsp3) is 0.333. The van der Waals surface area contributed by atoms with Gasteiger partial charge in [0.2, 0.25) is 0 Å². The minimum Gasteiger partial charge on any atom is -0.494 e. The molecule has 3 rings (SSSR count). The van der Waals surface area contributed by atoms with Crippen LogP contribution < -0.4 is 14.2 Å². The smallest absolute Gasteiger partial charge is 0.307 e. The lowest BCUT2D eigenvalue weighted by molar-refractivity contribution is -0.144. The first kappa shape index (κ1) is 21.6. The standard InChI is InChI=1S/C21H24N2O6S/c1-2-13-27-16-7-9-17(10-8-16)28-14-15-29-20(24)11-12-22-21-18-5-3-4-6-19(18)30(25,26)23-21/h3-10H,2,11-15H2,1H3,(H,22,23). The number of hydrogen-bond donors (Lipinski definition) is 1. The summed E-state index contributed by atoms with van der Waals surface area (Å²) in [6.45, 7) is 3.16. The van der Waals surface area contributed by atoms with E-state index in [0.717, 1.165) is 12.2 Å². The molecule has 0 aliphatic carbocycles. The molecule has 0 aromatic heterocycles. The van der Waals surface area contributed by atoms with Crippen LogP contribution in [0.3, 0.4) is 0 Å². The molecule has 160 valence electrons. The number of hydrogen-bond acceptors (Lipinski definition) is 7. The zero-order valence-corrected chi connectivity index (χ0v) is 17.5. The maximum Gasteiger partial charge on any atom is 0.307 e. The lowest BCUT2D eigenvalue weighted by Crippen LogP contribution is -2.22. The van der Waals surface area contributed by atoms with Crippen molar-refractivity contribution in [2.75, 3.05) is 26.4 Å². The Labute approximate surface area is 175 Å². The number of sulfonamides is 1. The van der Waals surface area contributed by atoms with Gasteiger partial charge in [0.1, 0.15) is 30.5 Å². The molecule has 0 saturated heterocycles. The quantitative estimate of drug-likeness (QED) is 0.457. The minimum absolute atomic E-state index is 0.0386. The van der Waals surface area contributed by atoms with E-state index < -0.39 is 16.0 Å². The molecule has 0 radical (unpaired) electrons. The van der Waals surface area contributed by atoms with Gasteiger partial charge in [-0.1, -0.05) is 19.1 Å². The third kappa shape index (κ3) is 5.73. The number of amidine groups is 1. The van der Waals surface area contributed by atoms with Crippen LogP contribution in [0.25, 0.3) is 0 Å². The fourth-order valence-corrected chi connectivity index (χ4v) is 4.00. The van der Waals surface area contributed by atoms with Crippen LogP contribution in [0, 0.1) is 0 Å². The summed E-state index contributed by atoms with van der Waals surface area (Å²) in [6, 6.07) is 13.8. The summed E-state index contributed by atoms with van der Waals surface area (Å²) in [5.74, 6) is 1.26. The Morgan fingerprint density at radius 2 is 1.63 bits per heavy atom. The number of fused-ring (bicyclic) bond motifs is 1. The molecule has 30 heavy (non-hydrogen) atoms. The maximum absolute atomic E-state index is 12.0. The van der Waals surface area contributed by atoms with Gasteiger partial charge in [-0.2, -0.15) is 0 Å². The van der Waals surface area contributed by atoms with Crippen molar-refractivity contribution < 1.29 is 27.4 Å². The van der Waals surface area contributed by atoms with Crippen molar-refractivity contribution >= 4 is 21.8 Å². The van der Waals surface area contributed by atoms with E-state index in [4.69, 9.17) is 14.2 Å². The first-order chi connectivity index (χ1) is 14.5. The van der Waals surface area contributed by atoms with Gasteiger partial charge >= 0.3 is 5.97 Å². The minimum atomic E-state index is -3.58. The SMILES string of the molecule is CCCOc1ccc(OCCOC(=O)CCN=C2NS(=O)(=O)c3ccccc32)cc1. The predicted octanol–water partition coefficient (Wildman–Crippen LogP) is 2.53. The number of rotatable bonds is 10. The Morgan fingerprint density at radius 3 is 2.33 bits per heavy atom. The van der Waals surface area contributed by atoms with Gasteiger partial charge in [-0.3, -0.25) is 14.5 Å². The number of carbonyl (C=O) groups is 1. The zero-order valence-electron chi connectivity index (χ0n) is 16.7. The Morgan fingerprint density at radius 1 is 0.967 bits per heavy atom. The van der Waals surface area contributed by atoms with Crippen molar-refractivity contribution in [1.82, 2.24) is 4.72 Å². The fourth-order valence-electron chi connectivity index (χ4n) is 2.75. The third-order valence-electron chi connectivity index (χ3n) is 4.16. The lowest BCUT2D eigenvalue weighted by Gasteiger charge is -2.08. The molecule has 0 spiro atoms. The summed E-state index contributed by atoms with van der Waals surface area (Å²) in [7, 11) is -3.58. The van der Waals surface area contributed by atoms with Crippen LogP contribution in [0.2, 0.25) is 0 Å². The molecule has 9 heteroatoms. The van der Waals surface area contributed by atoms with Gasteiger partial charge in [-0.15, -0.1) is 0 Å². The van der Waals surface area contributed by atoms with Crippen LogP contribution >= 0.6 is 0 Å². The van der Waals surface area contributed by atoms with Crippen molar-refractivity contribution in [2.45, 2.75) is 24.7 Å². The molecule has 0 atom stereocenters. The number of nitrogens with zero attached hydrogens (tertiary/aromatic N) is 1. The number of ether oxygens (including phenoxy) is 3. The third-order valence-corrected chi connectivity index (χ3v) is 5.56. The van der Waals surface area contributed by atoms with Gasteiger partial charge in [0, 0.05) is 5.56 Å². The molecule has 0 saturated carbocycles. The summed E-state index contributed by atoms with van der Waals surface area (Å²) in [6.07, 6.45) is 0.982. The molecular weight excluding hydrogens is 408 g/mol. The van der Waals surface area contributed by atoms with E-state index in [2.05, 4.69) is 9.71 Å². The van der Waals surface area contributed by atoms with E-state index in [1.807, 2.05) is 19.1 Å². The van der Waals surface area contributed by atoms with Crippen LogP contribution in [-0.4, -0.2) is 46.6 Å². The van der Waals surface area contributed by atoms with Crippen LogP contribution in [0.1, 0.15) is 25.3 Å². The predicted molar refractivity (Wildman–Crippen MR) is 111 cm³/mol. The second-order valence-electron chi connectivity index (χ2n) is 6.47. The van der Waals surface area contributed by atoms with Crippen LogP contribution in [0.5, 0.6) is 11.5 Å². The highest BCUT2D eigenvalue weighted by molar-refractivity contribution is 7.90. The summed E-state index contributed by atoms with van der Waals surface area (Å²) in [5, 5.41) is 0. The Balaban J connectivity index is 1.37. The van der Waals surface area contributed by atoms with Crippen molar-refractivity contribution in [3.05, 3.63) is 54.1 Å². The molecule has 0 fully saturated rings. The van der Waals surface area contributed by atoms with Crippen LogP contribution in [0.4, 0.5) is 0 Å². The topological polar surface area (TPSA) is 103 Å². The van der Waals surface area contributed by atoms with Crippen molar-refractivity contribution in [1.29, 1.82) is 0 Å². The maximum atomic E-state index is 12.0. The number of esters is 1. The molecule has 1 aliphatic rings. The molecular formula is C21H24N2O6S. The molecule has 1 aliphatic heterocycles. The molecule has 0 unspecified atom stereocenters. The normalized spacial score (nSPS) is 15.3. The average molecular weight is 432 g/mol. The summed E-state index contributed by atoms with van der Waals surface area (Å²) < 4.78 is 42.6. The van der Waals surface area contributed by atoms with E-state index in [-0.39, 0.29) is 36.9 Å². The van der Waals surface area contributed by atoms with Gasteiger partial charge in [0.15, 0.2) is 0 Å². The summed E-state index contributed by atoms with van der Waals surface area (Å²) >= 11 is 0. The van der Waals surface area contributed by atoms with E-state index >= 15 is 0 Å². The van der Waals surface area contributed by atoms with Crippen molar-refractivity contribution in [3.8, 4) is 11.5 Å². The molecule has 1 N–H and O–H groups in total. The van der Waals surface area contributed by atoms with Crippen molar-refractivity contribution in [2.24, 2.45) is 4.99 Å². The van der Waals surface area contributed by atoms with E-state index in [1.165, 1.54) is 6.07 Å². The van der Waals surface area contributed by atoms with Gasteiger partial charge in [0.25, 0.3) is 10.0 Å². The summed E-state index contributed by atoms with van der Waals surface area (Å²) in [5.41, 5.74) is 0.505. The monoisotopic (exact) mass is 432 g/mol. The molecule has 1 heterocycles. The largest absolute Gasteiger partial charge is 0.494 e. The van der Waals surface area contributed by atoms with E-state index in [9.17, 15) is 13.2 Å². The van der Waals surface area contributed by atoms with Crippen LogP contribution in [0.15, 0.2) is 58.4 Å². The number of nitrogens with one attached hydrogen (secondary N) is 1. The lowest BCUT2D eigenvalue weighted by atomic mass is 10.2. The highest BCUT2D eigenvalue weighted by Crippen LogP contribution is 2.22. The van der Waals surface area contributed by atoms with Gasteiger partial charge in [0.05, 0.1) is 24.5 Å². The highest BCUT2D eigenvalue weighted by Gasteiger charge is 2.29. The molecule has 8 nitrogen and oxygen atoms in total. The first-order valence-electron chi connectivity index (χ1n) is 9.67. The first-order valence-corrected chi connectivity index (χ1v) is 11.2. The van der Waals surface area contributed by atoms with Gasteiger partial charge in [-0.25, -0.2) is 8.42 Å². The van der Waals surface area contributed by atoms with E-state index in [1.54, 1.807) is 30.3 Å². The molecule has 0 amide bonds. The second-order valence-corrected chi connectivity index (χ2v) is 8.12. The molecule has 0 bridgehead atoms. The Kier molecular flexibility index (Phi) is 7.29.